The molecule has 0 aliphatic heterocycles. The molecule has 0 bridgehead atoms. The molecule has 0 spiro atoms. The number of carbonyl (C=O) groups excluding carboxylic acids is 2. The van der Waals surface area contributed by atoms with Gasteiger partial charge in [-0.2, -0.15) is 0 Å². The van der Waals surface area contributed by atoms with Gasteiger partial charge in [-0.3, -0.25) is 9.59 Å². The van der Waals surface area contributed by atoms with Gasteiger partial charge >= 0.3 is 0 Å². The predicted molar refractivity (Wildman–Crippen MR) is 111 cm³/mol. The van der Waals surface area contributed by atoms with E-state index in [0.29, 0.717) is 10.0 Å². The summed E-state index contributed by atoms with van der Waals surface area (Å²) in [5.74, 6) is -0.522. The number of benzene rings is 1. The van der Waals surface area contributed by atoms with E-state index in [9.17, 15) is 9.59 Å². The lowest BCUT2D eigenvalue weighted by Gasteiger charge is -2.03. The van der Waals surface area contributed by atoms with Crippen LogP contribution in [0.3, 0.4) is 0 Å². The highest BCUT2D eigenvalue weighted by atomic mass is 32.1. The summed E-state index contributed by atoms with van der Waals surface area (Å²) in [6, 6.07) is 12.0. The topological polar surface area (TPSA) is 71.1 Å². The van der Waals surface area contributed by atoms with Crippen LogP contribution in [-0.4, -0.2) is 23.3 Å². The van der Waals surface area contributed by atoms with Crippen molar-refractivity contribution in [2.24, 2.45) is 0 Å². The molecule has 27 heavy (non-hydrogen) atoms. The lowest BCUT2D eigenvalue weighted by atomic mass is 10.1. The number of thiazole rings is 1. The van der Waals surface area contributed by atoms with Gasteiger partial charge in [0.05, 0.1) is 17.1 Å². The number of nitrogens with one attached hydrogen (secondary N) is 2. The van der Waals surface area contributed by atoms with Crippen LogP contribution in [0.1, 0.15) is 36.2 Å². The van der Waals surface area contributed by atoms with Gasteiger partial charge in [-0.05, 0) is 38.5 Å². The Balaban J connectivity index is 1.55. The molecule has 0 saturated heterocycles. The zero-order chi connectivity index (χ0) is 19.4. The summed E-state index contributed by atoms with van der Waals surface area (Å²) >= 11 is 2.87. The Bertz CT molecular complexity index is 958. The number of amides is 2. The van der Waals surface area contributed by atoms with E-state index in [1.807, 2.05) is 19.9 Å². The molecule has 7 heteroatoms. The summed E-state index contributed by atoms with van der Waals surface area (Å²) in [5, 5.41) is 5.96. The van der Waals surface area contributed by atoms with E-state index in [1.165, 1.54) is 33.8 Å². The largest absolute Gasteiger partial charge is 0.342 e. The van der Waals surface area contributed by atoms with E-state index in [0.717, 1.165) is 21.9 Å². The van der Waals surface area contributed by atoms with Crippen LogP contribution in [-0.2, 0) is 11.2 Å². The van der Waals surface area contributed by atoms with Gasteiger partial charge < -0.3 is 10.6 Å². The van der Waals surface area contributed by atoms with Gasteiger partial charge in [0, 0.05) is 16.2 Å². The van der Waals surface area contributed by atoms with Gasteiger partial charge in [-0.15, -0.1) is 22.7 Å². The van der Waals surface area contributed by atoms with Crippen molar-refractivity contribution < 1.29 is 9.59 Å². The molecule has 0 aliphatic rings. The maximum Gasteiger partial charge on any atom is 0.261 e. The van der Waals surface area contributed by atoms with Crippen LogP contribution in [0, 0.1) is 20.8 Å². The highest BCUT2D eigenvalue weighted by Gasteiger charge is 2.13. The zero-order valence-electron chi connectivity index (χ0n) is 15.5. The molecule has 2 aromatic heterocycles. The fraction of sp³-hybridized carbons (Fsp3) is 0.250. The van der Waals surface area contributed by atoms with Crippen LogP contribution in [0.15, 0.2) is 36.4 Å². The second-order valence-corrected chi connectivity index (χ2v) is 8.70. The Hall–Kier alpha value is -2.51. The average Bonchev–Trinajstić information content (AvgIpc) is 3.21. The molecule has 2 heterocycles. The Morgan fingerprint density at radius 1 is 1.00 bits per heavy atom. The van der Waals surface area contributed by atoms with Crippen LogP contribution in [0.25, 0.3) is 0 Å². The molecule has 0 aliphatic carbocycles. The van der Waals surface area contributed by atoms with Gasteiger partial charge in [0.1, 0.15) is 0 Å². The molecule has 0 unspecified atom stereocenters. The van der Waals surface area contributed by atoms with Gasteiger partial charge in [-0.25, -0.2) is 4.98 Å². The minimum atomic E-state index is -0.285. The van der Waals surface area contributed by atoms with Gasteiger partial charge in [0.15, 0.2) is 5.13 Å². The van der Waals surface area contributed by atoms with Crippen molar-refractivity contribution in [2.75, 3.05) is 11.9 Å². The molecule has 0 radical (unpaired) electrons. The summed E-state index contributed by atoms with van der Waals surface area (Å²) in [5.41, 5.74) is 3.35. The fourth-order valence-corrected chi connectivity index (χ4v) is 4.30. The molecule has 3 rings (SSSR count). The third-order valence-electron chi connectivity index (χ3n) is 4.00. The number of thiophene rings is 1. The van der Waals surface area contributed by atoms with E-state index in [2.05, 4.69) is 46.8 Å². The van der Waals surface area contributed by atoms with Gasteiger partial charge in [0.25, 0.3) is 5.91 Å². The number of hydrogen-bond acceptors (Lipinski definition) is 5. The SMILES string of the molecule is Cc1ccc(Cc2sc(NC(=O)CNC(=O)c3ccc(C)s3)nc2C)cc1. The van der Waals surface area contributed by atoms with Crippen LogP contribution >= 0.6 is 22.7 Å². The zero-order valence-corrected chi connectivity index (χ0v) is 17.1. The molecule has 2 N–H and O–H groups in total. The molecule has 5 nitrogen and oxygen atoms in total. The Morgan fingerprint density at radius 3 is 2.41 bits per heavy atom. The molecular formula is C20H21N3O2S2. The molecule has 2 amide bonds. The van der Waals surface area contributed by atoms with E-state index in [-0.39, 0.29) is 18.4 Å². The van der Waals surface area contributed by atoms with Crippen molar-refractivity contribution in [3.05, 3.63) is 67.9 Å². The number of aryl methyl sites for hydroxylation is 3. The first-order valence-corrected chi connectivity index (χ1v) is 10.2. The molecule has 3 aromatic rings. The number of nitrogens with zero attached hydrogens (tertiary/aromatic N) is 1. The van der Waals surface area contributed by atoms with E-state index in [4.69, 9.17) is 0 Å². The van der Waals surface area contributed by atoms with Crippen LogP contribution in [0.2, 0.25) is 0 Å². The van der Waals surface area contributed by atoms with E-state index in [1.54, 1.807) is 6.07 Å². The van der Waals surface area contributed by atoms with Crippen molar-refractivity contribution in [1.29, 1.82) is 0 Å². The van der Waals surface area contributed by atoms with Crippen molar-refractivity contribution in [3.8, 4) is 0 Å². The van der Waals surface area contributed by atoms with E-state index >= 15 is 0 Å². The van der Waals surface area contributed by atoms with Crippen molar-refractivity contribution in [3.63, 3.8) is 0 Å². The van der Waals surface area contributed by atoms with Crippen molar-refractivity contribution in [2.45, 2.75) is 27.2 Å². The third kappa shape index (κ3) is 5.24. The second kappa shape index (κ2) is 8.45. The maximum atomic E-state index is 12.1. The van der Waals surface area contributed by atoms with Crippen molar-refractivity contribution >= 4 is 39.6 Å². The summed E-state index contributed by atoms with van der Waals surface area (Å²) in [6.07, 6.45) is 0.786. The number of aromatic nitrogens is 1. The Kier molecular flexibility index (Phi) is 6.03. The van der Waals surface area contributed by atoms with Gasteiger partial charge in [-0.1, -0.05) is 29.8 Å². The smallest absolute Gasteiger partial charge is 0.261 e. The van der Waals surface area contributed by atoms with Crippen molar-refractivity contribution in [1.82, 2.24) is 10.3 Å². The summed E-state index contributed by atoms with van der Waals surface area (Å²) in [7, 11) is 0. The predicted octanol–water partition coefficient (Wildman–Crippen LogP) is 4.09. The first-order valence-electron chi connectivity index (χ1n) is 8.57. The minimum absolute atomic E-state index is 0.0816. The lowest BCUT2D eigenvalue weighted by Crippen LogP contribution is -2.32. The fourth-order valence-electron chi connectivity index (χ4n) is 2.50. The number of anilines is 1. The number of rotatable bonds is 6. The summed E-state index contributed by atoms with van der Waals surface area (Å²) in [6.45, 7) is 5.86. The molecule has 0 fully saturated rings. The minimum Gasteiger partial charge on any atom is -0.342 e. The number of hydrogen-bond donors (Lipinski definition) is 2. The molecular weight excluding hydrogens is 378 g/mol. The second-order valence-electron chi connectivity index (χ2n) is 6.33. The van der Waals surface area contributed by atoms with Crippen LogP contribution in [0.4, 0.5) is 5.13 Å². The Morgan fingerprint density at radius 2 is 1.74 bits per heavy atom. The highest BCUT2D eigenvalue weighted by molar-refractivity contribution is 7.16. The molecule has 0 atom stereocenters. The molecule has 0 saturated carbocycles. The molecule has 140 valence electrons. The van der Waals surface area contributed by atoms with Crippen LogP contribution < -0.4 is 10.6 Å². The average molecular weight is 400 g/mol. The first-order chi connectivity index (χ1) is 12.9. The van der Waals surface area contributed by atoms with Gasteiger partial charge in [0.2, 0.25) is 5.91 Å². The highest BCUT2D eigenvalue weighted by Crippen LogP contribution is 2.25. The van der Waals surface area contributed by atoms with E-state index < -0.39 is 0 Å². The first kappa shape index (κ1) is 19.3. The lowest BCUT2D eigenvalue weighted by molar-refractivity contribution is -0.115. The standard InChI is InChI=1S/C20H21N3O2S2/c1-12-4-7-15(8-5-12)10-17-14(3)22-20(27-17)23-18(24)11-21-19(25)16-9-6-13(2)26-16/h4-9H,10-11H2,1-3H3,(H,21,25)(H,22,23,24). The number of carbonyl (C=O) groups is 2. The Labute approximate surface area is 166 Å². The quantitative estimate of drug-likeness (QED) is 0.656. The maximum absolute atomic E-state index is 12.1. The third-order valence-corrected chi connectivity index (χ3v) is 6.07. The van der Waals surface area contributed by atoms with Crippen LogP contribution in [0.5, 0.6) is 0 Å². The summed E-state index contributed by atoms with van der Waals surface area (Å²) in [4.78, 5) is 31.3. The summed E-state index contributed by atoms with van der Waals surface area (Å²) < 4.78 is 0. The normalized spacial score (nSPS) is 10.6. The monoisotopic (exact) mass is 399 g/mol. The molecule has 1 aromatic carbocycles.